The Morgan fingerprint density at radius 3 is 1.62 bits per heavy atom. The standard InChI is InChI=1S/C20H43N/c1-5-7-9-10-11-12-13-14-16-18-20(3,4)19(21)17-15-8-6-2/h19H,5-18,21H2,1-4H3. The van der Waals surface area contributed by atoms with E-state index in [1.807, 2.05) is 0 Å². The van der Waals surface area contributed by atoms with Crippen LogP contribution in [0.2, 0.25) is 0 Å². The molecular formula is C20H43N. The van der Waals surface area contributed by atoms with Crippen LogP contribution < -0.4 is 5.73 Å². The van der Waals surface area contributed by atoms with Gasteiger partial charge in [0, 0.05) is 6.04 Å². The fraction of sp³-hybridized carbons (Fsp3) is 1.00. The van der Waals surface area contributed by atoms with Gasteiger partial charge in [0.2, 0.25) is 0 Å². The van der Waals surface area contributed by atoms with Crippen molar-refractivity contribution in [3.8, 4) is 0 Å². The minimum atomic E-state index is 0.328. The van der Waals surface area contributed by atoms with Gasteiger partial charge in [-0.25, -0.2) is 0 Å². The van der Waals surface area contributed by atoms with Crippen LogP contribution in [0.5, 0.6) is 0 Å². The van der Waals surface area contributed by atoms with E-state index in [0.29, 0.717) is 11.5 Å². The van der Waals surface area contributed by atoms with E-state index in [2.05, 4.69) is 27.7 Å². The Kier molecular flexibility index (Phi) is 13.6. The molecule has 0 radical (unpaired) electrons. The molecule has 128 valence electrons. The first kappa shape index (κ1) is 21.0. The van der Waals surface area contributed by atoms with Crippen molar-refractivity contribution in [3.63, 3.8) is 0 Å². The van der Waals surface area contributed by atoms with Crippen LogP contribution >= 0.6 is 0 Å². The minimum absolute atomic E-state index is 0.328. The van der Waals surface area contributed by atoms with Gasteiger partial charge >= 0.3 is 0 Å². The summed E-state index contributed by atoms with van der Waals surface area (Å²) >= 11 is 0. The van der Waals surface area contributed by atoms with Crippen LogP contribution in [-0.4, -0.2) is 6.04 Å². The van der Waals surface area contributed by atoms with Gasteiger partial charge in [-0.3, -0.25) is 0 Å². The average molecular weight is 298 g/mol. The first-order chi connectivity index (χ1) is 10.0. The molecule has 0 aromatic rings. The van der Waals surface area contributed by atoms with E-state index in [9.17, 15) is 0 Å². The molecule has 1 atom stereocenters. The molecule has 0 aliphatic carbocycles. The van der Waals surface area contributed by atoms with Crippen molar-refractivity contribution in [1.29, 1.82) is 0 Å². The van der Waals surface area contributed by atoms with Gasteiger partial charge < -0.3 is 5.73 Å². The van der Waals surface area contributed by atoms with Crippen LogP contribution in [0.4, 0.5) is 0 Å². The van der Waals surface area contributed by atoms with Gasteiger partial charge in [0.15, 0.2) is 0 Å². The summed E-state index contributed by atoms with van der Waals surface area (Å²) in [5.41, 5.74) is 6.73. The maximum Gasteiger partial charge on any atom is 0.00902 e. The van der Waals surface area contributed by atoms with Crippen molar-refractivity contribution in [2.24, 2.45) is 11.1 Å². The summed E-state index contributed by atoms with van der Waals surface area (Å²) in [6.45, 7) is 9.29. The fourth-order valence-electron chi connectivity index (χ4n) is 3.08. The van der Waals surface area contributed by atoms with E-state index in [1.165, 1.54) is 89.9 Å². The first-order valence-electron chi connectivity index (χ1n) is 9.80. The van der Waals surface area contributed by atoms with Crippen LogP contribution in [0.3, 0.4) is 0 Å². The number of hydrogen-bond acceptors (Lipinski definition) is 1. The molecule has 1 unspecified atom stereocenters. The normalized spacial score (nSPS) is 13.6. The predicted molar refractivity (Wildman–Crippen MR) is 97.7 cm³/mol. The highest BCUT2D eigenvalue weighted by Crippen LogP contribution is 2.29. The van der Waals surface area contributed by atoms with Crippen molar-refractivity contribution >= 4 is 0 Å². The quantitative estimate of drug-likeness (QED) is 0.329. The molecule has 0 saturated carbocycles. The zero-order valence-corrected chi connectivity index (χ0v) is 15.6. The molecule has 1 nitrogen and oxygen atoms in total. The minimum Gasteiger partial charge on any atom is -0.327 e. The second-order valence-corrected chi connectivity index (χ2v) is 7.67. The number of unbranched alkanes of at least 4 members (excludes halogenated alkanes) is 10. The molecule has 0 heterocycles. The van der Waals surface area contributed by atoms with Gasteiger partial charge in [-0.1, -0.05) is 105 Å². The topological polar surface area (TPSA) is 26.0 Å². The zero-order chi connectivity index (χ0) is 16.0. The second kappa shape index (κ2) is 13.6. The van der Waals surface area contributed by atoms with Crippen LogP contribution in [-0.2, 0) is 0 Å². The third-order valence-electron chi connectivity index (χ3n) is 5.05. The molecule has 0 spiro atoms. The van der Waals surface area contributed by atoms with Gasteiger partial charge in [0.25, 0.3) is 0 Å². The Balaban J connectivity index is 3.51. The molecule has 0 fully saturated rings. The Bertz CT molecular complexity index is 210. The third-order valence-corrected chi connectivity index (χ3v) is 5.05. The van der Waals surface area contributed by atoms with Crippen molar-refractivity contribution in [3.05, 3.63) is 0 Å². The van der Waals surface area contributed by atoms with Gasteiger partial charge in [-0.2, -0.15) is 0 Å². The van der Waals surface area contributed by atoms with E-state index in [-0.39, 0.29) is 0 Å². The molecule has 0 aromatic carbocycles. The van der Waals surface area contributed by atoms with E-state index >= 15 is 0 Å². The lowest BCUT2D eigenvalue weighted by Gasteiger charge is -2.32. The lowest BCUT2D eigenvalue weighted by Crippen LogP contribution is -2.37. The van der Waals surface area contributed by atoms with Gasteiger partial charge in [0.05, 0.1) is 0 Å². The molecule has 0 amide bonds. The maximum atomic E-state index is 6.40. The molecule has 21 heavy (non-hydrogen) atoms. The van der Waals surface area contributed by atoms with Crippen molar-refractivity contribution < 1.29 is 0 Å². The Morgan fingerprint density at radius 2 is 1.10 bits per heavy atom. The molecule has 0 rings (SSSR count). The summed E-state index contributed by atoms with van der Waals surface area (Å²) < 4.78 is 0. The van der Waals surface area contributed by atoms with E-state index in [1.54, 1.807) is 0 Å². The smallest absolute Gasteiger partial charge is 0.00902 e. The highest BCUT2D eigenvalue weighted by atomic mass is 14.7. The molecule has 0 aliphatic rings. The van der Waals surface area contributed by atoms with Crippen molar-refractivity contribution in [2.45, 2.75) is 124 Å². The summed E-state index contributed by atoms with van der Waals surface area (Å²) in [5, 5.41) is 0. The number of rotatable bonds is 15. The third kappa shape index (κ3) is 12.2. The lowest BCUT2D eigenvalue weighted by molar-refractivity contribution is 0.238. The van der Waals surface area contributed by atoms with Gasteiger partial charge in [-0.05, 0) is 18.3 Å². The van der Waals surface area contributed by atoms with Crippen molar-refractivity contribution in [1.82, 2.24) is 0 Å². The predicted octanol–water partition coefficient (Wildman–Crippen LogP) is 6.84. The molecular weight excluding hydrogens is 254 g/mol. The second-order valence-electron chi connectivity index (χ2n) is 7.67. The summed E-state index contributed by atoms with van der Waals surface area (Å²) in [4.78, 5) is 0. The van der Waals surface area contributed by atoms with Gasteiger partial charge in [-0.15, -0.1) is 0 Å². The van der Waals surface area contributed by atoms with E-state index < -0.39 is 0 Å². The molecule has 1 heteroatoms. The molecule has 2 N–H and O–H groups in total. The number of nitrogens with two attached hydrogens (primary N) is 1. The largest absolute Gasteiger partial charge is 0.327 e. The molecule has 0 bridgehead atoms. The van der Waals surface area contributed by atoms with Crippen LogP contribution in [0.15, 0.2) is 0 Å². The lowest BCUT2D eigenvalue weighted by atomic mass is 9.78. The molecule has 0 saturated heterocycles. The monoisotopic (exact) mass is 297 g/mol. The highest BCUT2D eigenvalue weighted by Gasteiger charge is 2.25. The first-order valence-corrected chi connectivity index (χ1v) is 9.80. The Labute approximate surface area is 135 Å². The zero-order valence-electron chi connectivity index (χ0n) is 15.6. The van der Waals surface area contributed by atoms with Crippen LogP contribution in [0.25, 0.3) is 0 Å². The SMILES string of the molecule is CCCCCCCCCCCC(C)(C)C(N)CCCCC. The van der Waals surface area contributed by atoms with Gasteiger partial charge in [0.1, 0.15) is 0 Å². The Morgan fingerprint density at radius 1 is 0.667 bits per heavy atom. The average Bonchev–Trinajstić information content (AvgIpc) is 2.45. The molecule has 0 aliphatic heterocycles. The van der Waals surface area contributed by atoms with Crippen LogP contribution in [0, 0.1) is 5.41 Å². The molecule has 0 aromatic heterocycles. The van der Waals surface area contributed by atoms with E-state index in [4.69, 9.17) is 5.73 Å². The van der Waals surface area contributed by atoms with Crippen molar-refractivity contribution in [2.75, 3.05) is 0 Å². The van der Waals surface area contributed by atoms with Crippen LogP contribution in [0.1, 0.15) is 118 Å². The highest BCUT2D eigenvalue weighted by molar-refractivity contribution is 4.81. The summed E-state index contributed by atoms with van der Waals surface area (Å²) in [7, 11) is 0. The summed E-state index contributed by atoms with van der Waals surface area (Å²) in [6.07, 6.45) is 19.2. The Hall–Kier alpha value is -0.0400. The summed E-state index contributed by atoms with van der Waals surface area (Å²) in [6, 6.07) is 0.387. The van der Waals surface area contributed by atoms with E-state index in [0.717, 1.165) is 0 Å². The summed E-state index contributed by atoms with van der Waals surface area (Å²) in [5.74, 6) is 0. The maximum absolute atomic E-state index is 6.40. The number of hydrogen-bond donors (Lipinski definition) is 1. The fourth-order valence-corrected chi connectivity index (χ4v) is 3.08.